The number of hydrogen-bond donors (Lipinski definition) is 0. The van der Waals surface area contributed by atoms with Gasteiger partial charge in [-0.1, -0.05) is 30.3 Å². The molecule has 0 N–H and O–H groups in total. The first kappa shape index (κ1) is 17.6. The molecule has 0 bridgehead atoms. The molecule has 0 saturated heterocycles. The van der Waals surface area contributed by atoms with Gasteiger partial charge in [-0.05, 0) is 6.07 Å². The number of halogens is 3. The highest BCUT2D eigenvalue weighted by Crippen LogP contribution is 2.30. The number of rotatable bonds is 3. The Balaban J connectivity index is 2.13. The number of nitrogens with zero attached hydrogens (tertiary/aromatic N) is 3. The summed E-state index contributed by atoms with van der Waals surface area (Å²) in [4.78, 5) is 27.4. The zero-order valence-electron chi connectivity index (χ0n) is 13.2. The summed E-state index contributed by atoms with van der Waals surface area (Å²) < 4.78 is 38.7. The summed E-state index contributed by atoms with van der Waals surface area (Å²) in [5, 5.41) is 11.0. The average Bonchev–Trinajstić information content (AvgIpc) is 2.72. The van der Waals surface area contributed by atoms with Crippen LogP contribution in [-0.4, -0.2) is 35.8 Å². The van der Waals surface area contributed by atoms with E-state index in [1.807, 2.05) is 0 Å². The molecule has 0 aliphatic carbocycles. The third-order valence-electron chi connectivity index (χ3n) is 3.79. The van der Waals surface area contributed by atoms with Crippen LogP contribution in [0.1, 0.15) is 11.1 Å². The van der Waals surface area contributed by atoms with Gasteiger partial charge in [0.2, 0.25) is 5.91 Å². The Morgan fingerprint density at radius 3 is 2.58 bits per heavy atom. The van der Waals surface area contributed by atoms with E-state index in [4.69, 9.17) is 0 Å². The number of nitro benzene ring substituents is 1. The number of nitro groups is 1. The van der Waals surface area contributed by atoms with Gasteiger partial charge in [-0.3, -0.25) is 19.9 Å². The minimum Gasteiger partial charge on any atom is -0.301 e. The number of amides is 1. The lowest BCUT2D eigenvalue weighted by molar-refractivity contribution is -0.384. The van der Waals surface area contributed by atoms with Crippen LogP contribution in [0.25, 0.3) is 0 Å². The number of benzodiazepines with no additional fused rings is 1. The number of aliphatic imine (C=N–C) groups is 1. The van der Waals surface area contributed by atoms with Crippen LogP contribution in [0.2, 0.25) is 0 Å². The molecule has 9 heteroatoms. The van der Waals surface area contributed by atoms with Gasteiger partial charge in [0.1, 0.15) is 13.1 Å². The fourth-order valence-corrected chi connectivity index (χ4v) is 2.73. The minimum absolute atomic E-state index is 0.0672. The number of fused-ring (bicyclic) bond motifs is 1. The number of carbonyl (C=O) groups is 1. The number of hydrogen-bond acceptors (Lipinski definition) is 4. The molecule has 0 saturated carbocycles. The average molecular weight is 363 g/mol. The molecule has 0 atom stereocenters. The molecule has 26 heavy (non-hydrogen) atoms. The SMILES string of the molecule is O=C1CN=C(c2cccc([N+](=O)[O-])c2)c2ccccc2N1CC(F)(F)F. The van der Waals surface area contributed by atoms with Gasteiger partial charge < -0.3 is 4.90 Å². The standard InChI is InChI=1S/C17H12F3N3O3/c18-17(19,20)10-22-14-7-2-1-6-13(14)16(21-9-15(22)24)11-4-3-5-12(8-11)23(25)26/h1-8H,9-10H2. The summed E-state index contributed by atoms with van der Waals surface area (Å²) >= 11 is 0. The highest BCUT2D eigenvalue weighted by atomic mass is 19.4. The van der Waals surface area contributed by atoms with Crippen molar-refractivity contribution in [2.24, 2.45) is 4.99 Å². The second-order valence-corrected chi connectivity index (χ2v) is 5.58. The lowest BCUT2D eigenvalue weighted by atomic mass is 10.00. The highest BCUT2D eigenvalue weighted by molar-refractivity contribution is 6.19. The van der Waals surface area contributed by atoms with E-state index in [1.54, 1.807) is 12.1 Å². The fourth-order valence-electron chi connectivity index (χ4n) is 2.73. The topological polar surface area (TPSA) is 75.8 Å². The first-order valence-electron chi connectivity index (χ1n) is 7.52. The van der Waals surface area contributed by atoms with Crippen molar-refractivity contribution in [3.63, 3.8) is 0 Å². The van der Waals surface area contributed by atoms with Gasteiger partial charge in [-0.25, -0.2) is 0 Å². The zero-order chi connectivity index (χ0) is 18.9. The summed E-state index contributed by atoms with van der Waals surface area (Å²) in [5.74, 6) is -0.796. The van der Waals surface area contributed by atoms with Crippen molar-refractivity contribution in [2.45, 2.75) is 6.18 Å². The van der Waals surface area contributed by atoms with E-state index in [0.29, 0.717) is 16.0 Å². The predicted molar refractivity (Wildman–Crippen MR) is 88.5 cm³/mol. The van der Waals surface area contributed by atoms with Crippen LogP contribution in [-0.2, 0) is 4.79 Å². The van der Waals surface area contributed by atoms with Crippen molar-refractivity contribution in [1.82, 2.24) is 0 Å². The molecule has 134 valence electrons. The van der Waals surface area contributed by atoms with Crippen LogP contribution < -0.4 is 4.90 Å². The molecular formula is C17H12F3N3O3. The molecule has 0 fully saturated rings. The van der Waals surface area contributed by atoms with E-state index < -0.39 is 30.1 Å². The molecule has 2 aromatic carbocycles. The number of non-ortho nitro benzene ring substituents is 1. The molecule has 0 unspecified atom stereocenters. The second kappa shape index (κ2) is 6.58. The summed E-state index contributed by atoms with van der Waals surface area (Å²) in [5.41, 5.74) is 0.793. The van der Waals surface area contributed by atoms with Crippen LogP contribution in [0, 0.1) is 10.1 Å². The predicted octanol–water partition coefficient (Wildman–Crippen LogP) is 3.34. The molecule has 3 rings (SSSR count). The van der Waals surface area contributed by atoms with Crippen molar-refractivity contribution in [3.8, 4) is 0 Å². The van der Waals surface area contributed by atoms with E-state index in [1.165, 1.54) is 36.4 Å². The number of para-hydroxylation sites is 1. The van der Waals surface area contributed by atoms with Crippen molar-refractivity contribution >= 4 is 23.0 Å². The van der Waals surface area contributed by atoms with Gasteiger partial charge in [-0.2, -0.15) is 13.2 Å². The zero-order valence-corrected chi connectivity index (χ0v) is 13.2. The number of carbonyl (C=O) groups excluding carboxylic acids is 1. The molecule has 1 aliphatic heterocycles. The van der Waals surface area contributed by atoms with Gasteiger partial charge in [0, 0.05) is 23.3 Å². The Morgan fingerprint density at radius 2 is 1.88 bits per heavy atom. The van der Waals surface area contributed by atoms with E-state index in [-0.39, 0.29) is 17.1 Å². The van der Waals surface area contributed by atoms with Crippen molar-refractivity contribution in [3.05, 3.63) is 69.8 Å². The molecule has 2 aromatic rings. The summed E-state index contributed by atoms with van der Waals surface area (Å²) in [6.45, 7) is -1.91. The molecule has 1 heterocycles. The summed E-state index contributed by atoms with van der Waals surface area (Å²) in [7, 11) is 0. The van der Waals surface area contributed by atoms with Crippen molar-refractivity contribution in [1.29, 1.82) is 0 Å². The third kappa shape index (κ3) is 3.56. The van der Waals surface area contributed by atoms with E-state index in [9.17, 15) is 28.1 Å². The summed E-state index contributed by atoms with van der Waals surface area (Å²) in [6, 6.07) is 11.7. The van der Waals surface area contributed by atoms with Crippen molar-refractivity contribution in [2.75, 3.05) is 18.0 Å². The van der Waals surface area contributed by atoms with Gasteiger partial charge in [0.05, 0.1) is 16.3 Å². The van der Waals surface area contributed by atoms with E-state index in [0.717, 1.165) is 0 Å². The Labute approximate surface area is 145 Å². The monoisotopic (exact) mass is 363 g/mol. The Morgan fingerprint density at radius 1 is 1.15 bits per heavy atom. The minimum atomic E-state index is -4.57. The maximum Gasteiger partial charge on any atom is 0.406 e. The number of benzene rings is 2. The molecule has 1 aliphatic rings. The first-order chi connectivity index (χ1) is 12.3. The van der Waals surface area contributed by atoms with E-state index in [2.05, 4.69) is 4.99 Å². The van der Waals surface area contributed by atoms with Crippen LogP contribution in [0.4, 0.5) is 24.5 Å². The maximum atomic E-state index is 12.9. The van der Waals surface area contributed by atoms with Gasteiger partial charge >= 0.3 is 6.18 Å². The normalized spacial score (nSPS) is 14.5. The second-order valence-electron chi connectivity index (χ2n) is 5.58. The summed E-state index contributed by atoms with van der Waals surface area (Å²) in [6.07, 6.45) is -4.57. The molecule has 6 nitrogen and oxygen atoms in total. The van der Waals surface area contributed by atoms with Crippen molar-refractivity contribution < 1.29 is 22.9 Å². The van der Waals surface area contributed by atoms with E-state index >= 15 is 0 Å². The fraction of sp³-hybridized carbons (Fsp3) is 0.176. The number of alkyl halides is 3. The van der Waals surface area contributed by atoms with Gasteiger partial charge in [-0.15, -0.1) is 0 Å². The van der Waals surface area contributed by atoms with Crippen LogP contribution in [0.3, 0.4) is 0 Å². The first-order valence-corrected chi connectivity index (χ1v) is 7.52. The Bertz CT molecular complexity index is 909. The molecule has 0 aromatic heterocycles. The van der Waals surface area contributed by atoms with Crippen LogP contribution in [0.5, 0.6) is 0 Å². The molecule has 1 amide bonds. The maximum absolute atomic E-state index is 12.9. The number of anilines is 1. The molecule has 0 radical (unpaired) electrons. The van der Waals surface area contributed by atoms with Crippen LogP contribution in [0.15, 0.2) is 53.5 Å². The third-order valence-corrected chi connectivity index (χ3v) is 3.79. The largest absolute Gasteiger partial charge is 0.406 e. The van der Waals surface area contributed by atoms with Crippen LogP contribution >= 0.6 is 0 Å². The smallest absolute Gasteiger partial charge is 0.301 e. The highest BCUT2D eigenvalue weighted by Gasteiger charge is 2.36. The quantitative estimate of drug-likeness (QED) is 0.620. The Kier molecular flexibility index (Phi) is 4.45. The molecular weight excluding hydrogens is 351 g/mol. The Hall–Kier alpha value is -3.23. The lowest BCUT2D eigenvalue weighted by Gasteiger charge is -2.24. The lowest BCUT2D eigenvalue weighted by Crippen LogP contribution is -2.40. The van der Waals surface area contributed by atoms with Gasteiger partial charge in [0.25, 0.3) is 5.69 Å². The van der Waals surface area contributed by atoms with Gasteiger partial charge in [0.15, 0.2) is 0 Å². The molecule has 0 spiro atoms.